The fourth-order valence-corrected chi connectivity index (χ4v) is 1.60. The second-order valence-electron chi connectivity index (χ2n) is 3.39. The van der Waals surface area contributed by atoms with Gasteiger partial charge in [0.25, 0.3) is 0 Å². The Morgan fingerprint density at radius 2 is 2.07 bits per heavy atom. The van der Waals surface area contributed by atoms with Crippen LogP contribution in [0.2, 0.25) is 0 Å². The molecule has 0 bridgehead atoms. The zero-order valence-electron chi connectivity index (χ0n) is 7.97. The molecule has 1 saturated heterocycles. The molecule has 0 saturated carbocycles. The molecule has 0 atom stereocenters. The van der Waals surface area contributed by atoms with E-state index < -0.39 is 0 Å². The van der Waals surface area contributed by atoms with E-state index in [-0.39, 0.29) is 12.4 Å². The van der Waals surface area contributed by atoms with Gasteiger partial charge in [0.15, 0.2) is 0 Å². The summed E-state index contributed by atoms with van der Waals surface area (Å²) >= 11 is 0. The SMILES string of the molecule is Cl.NC1CCN(c2ccncn2)CC1. The summed E-state index contributed by atoms with van der Waals surface area (Å²) in [6.07, 6.45) is 5.48. The fraction of sp³-hybridized carbons (Fsp3) is 0.556. The van der Waals surface area contributed by atoms with Gasteiger partial charge in [-0.1, -0.05) is 0 Å². The monoisotopic (exact) mass is 214 g/mol. The fourth-order valence-electron chi connectivity index (χ4n) is 1.60. The quantitative estimate of drug-likeness (QED) is 0.753. The van der Waals surface area contributed by atoms with Crippen LogP contribution >= 0.6 is 12.4 Å². The molecule has 0 spiro atoms. The average molecular weight is 215 g/mol. The van der Waals surface area contributed by atoms with Gasteiger partial charge in [-0.25, -0.2) is 9.97 Å². The molecule has 78 valence electrons. The van der Waals surface area contributed by atoms with Crippen LogP contribution in [0.15, 0.2) is 18.6 Å². The molecular weight excluding hydrogens is 200 g/mol. The molecule has 1 fully saturated rings. The van der Waals surface area contributed by atoms with Gasteiger partial charge in [-0.3, -0.25) is 0 Å². The Hall–Kier alpha value is -0.870. The zero-order valence-corrected chi connectivity index (χ0v) is 8.78. The van der Waals surface area contributed by atoms with E-state index in [1.165, 1.54) is 0 Å². The van der Waals surface area contributed by atoms with E-state index in [4.69, 9.17) is 5.73 Å². The summed E-state index contributed by atoms with van der Waals surface area (Å²) in [4.78, 5) is 10.3. The summed E-state index contributed by atoms with van der Waals surface area (Å²) in [6, 6.07) is 2.31. The first-order chi connectivity index (χ1) is 6.36. The number of aromatic nitrogens is 2. The minimum atomic E-state index is 0. The van der Waals surface area contributed by atoms with Gasteiger partial charge in [0.2, 0.25) is 0 Å². The summed E-state index contributed by atoms with van der Waals surface area (Å²) in [6.45, 7) is 2.02. The Balaban J connectivity index is 0.000000980. The maximum absolute atomic E-state index is 5.82. The Labute approximate surface area is 89.9 Å². The third kappa shape index (κ3) is 2.56. The molecule has 0 amide bonds. The van der Waals surface area contributed by atoms with Crippen LogP contribution in [0.1, 0.15) is 12.8 Å². The number of hydrogen-bond donors (Lipinski definition) is 1. The highest BCUT2D eigenvalue weighted by Crippen LogP contribution is 2.15. The largest absolute Gasteiger partial charge is 0.356 e. The van der Waals surface area contributed by atoms with Crippen LogP contribution in [0.4, 0.5) is 5.82 Å². The minimum absolute atomic E-state index is 0. The second-order valence-corrected chi connectivity index (χ2v) is 3.39. The molecule has 2 N–H and O–H groups in total. The lowest BCUT2D eigenvalue weighted by Crippen LogP contribution is -2.40. The van der Waals surface area contributed by atoms with Crippen molar-refractivity contribution in [2.24, 2.45) is 5.73 Å². The number of rotatable bonds is 1. The van der Waals surface area contributed by atoms with Gasteiger partial charge in [0.1, 0.15) is 12.1 Å². The summed E-state index contributed by atoms with van der Waals surface area (Å²) in [5, 5.41) is 0. The molecule has 0 radical (unpaired) electrons. The van der Waals surface area contributed by atoms with Crippen LogP contribution in [-0.4, -0.2) is 29.1 Å². The number of anilines is 1. The van der Waals surface area contributed by atoms with Crippen molar-refractivity contribution in [2.75, 3.05) is 18.0 Å². The average Bonchev–Trinajstić information content (AvgIpc) is 2.20. The van der Waals surface area contributed by atoms with Crippen LogP contribution in [0.3, 0.4) is 0 Å². The van der Waals surface area contributed by atoms with Gasteiger partial charge in [0, 0.05) is 25.3 Å². The highest BCUT2D eigenvalue weighted by molar-refractivity contribution is 5.85. The second kappa shape index (κ2) is 5.12. The van der Waals surface area contributed by atoms with Crippen LogP contribution in [0.25, 0.3) is 0 Å². The van der Waals surface area contributed by atoms with Crippen molar-refractivity contribution in [2.45, 2.75) is 18.9 Å². The predicted molar refractivity (Wildman–Crippen MR) is 58.7 cm³/mol. The third-order valence-corrected chi connectivity index (χ3v) is 2.43. The van der Waals surface area contributed by atoms with Gasteiger partial charge in [-0.2, -0.15) is 0 Å². The number of halogens is 1. The highest BCUT2D eigenvalue weighted by Gasteiger charge is 2.16. The van der Waals surface area contributed by atoms with Crippen molar-refractivity contribution in [3.8, 4) is 0 Å². The molecule has 0 unspecified atom stereocenters. The van der Waals surface area contributed by atoms with E-state index in [9.17, 15) is 0 Å². The normalized spacial score (nSPS) is 17.6. The Kier molecular flexibility index (Phi) is 4.10. The molecule has 1 aromatic heterocycles. The van der Waals surface area contributed by atoms with Gasteiger partial charge >= 0.3 is 0 Å². The van der Waals surface area contributed by atoms with Crippen molar-refractivity contribution in [3.05, 3.63) is 18.6 Å². The molecule has 0 aromatic carbocycles. The molecule has 1 aromatic rings. The molecule has 2 heterocycles. The lowest BCUT2D eigenvalue weighted by molar-refractivity contribution is 0.498. The van der Waals surface area contributed by atoms with Crippen LogP contribution in [0.5, 0.6) is 0 Å². The molecule has 0 aliphatic carbocycles. The molecule has 4 nitrogen and oxygen atoms in total. The van der Waals surface area contributed by atoms with Gasteiger partial charge < -0.3 is 10.6 Å². The summed E-state index contributed by atoms with van der Waals surface area (Å²) < 4.78 is 0. The van der Waals surface area contributed by atoms with E-state index in [0.717, 1.165) is 31.7 Å². The Morgan fingerprint density at radius 1 is 1.36 bits per heavy atom. The highest BCUT2D eigenvalue weighted by atomic mass is 35.5. The van der Waals surface area contributed by atoms with Gasteiger partial charge in [0.05, 0.1) is 0 Å². The Bertz CT molecular complexity index is 259. The Morgan fingerprint density at radius 3 is 2.64 bits per heavy atom. The van der Waals surface area contributed by atoms with E-state index in [1.807, 2.05) is 6.07 Å². The number of nitrogens with zero attached hydrogens (tertiary/aromatic N) is 3. The summed E-state index contributed by atoms with van der Waals surface area (Å²) in [5.74, 6) is 1.02. The number of nitrogens with two attached hydrogens (primary N) is 1. The maximum Gasteiger partial charge on any atom is 0.131 e. The summed E-state index contributed by atoms with van der Waals surface area (Å²) in [5.41, 5.74) is 5.82. The van der Waals surface area contributed by atoms with Crippen molar-refractivity contribution >= 4 is 18.2 Å². The van der Waals surface area contributed by atoms with E-state index in [2.05, 4.69) is 14.9 Å². The first-order valence-corrected chi connectivity index (χ1v) is 4.63. The molecule has 1 aliphatic rings. The molecule has 5 heteroatoms. The van der Waals surface area contributed by atoms with Crippen LogP contribution in [-0.2, 0) is 0 Å². The topological polar surface area (TPSA) is 55.0 Å². The lowest BCUT2D eigenvalue weighted by Gasteiger charge is -2.30. The molecule has 14 heavy (non-hydrogen) atoms. The van der Waals surface area contributed by atoms with E-state index in [0.29, 0.717) is 6.04 Å². The molecule has 2 rings (SSSR count). The molecule has 1 aliphatic heterocycles. The zero-order chi connectivity index (χ0) is 9.10. The third-order valence-electron chi connectivity index (χ3n) is 2.43. The summed E-state index contributed by atoms with van der Waals surface area (Å²) in [7, 11) is 0. The van der Waals surface area contributed by atoms with Crippen LogP contribution < -0.4 is 10.6 Å². The number of piperidine rings is 1. The first kappa shape index (κ1) is 11.2. The van der Waals surface area contributed by atoms with Crippen molar-refractivity contribution in [3.63, 3.8) is 0 Å². The first-order valence-electron chi connectivity index (χ1n) is 4.63. The smallest absolute Gasteiger partial charge is 0.131 e. The van der Waals surface area contributed by atoms with Crippen molar-refractivity contribution in [1.82, 2.24) is 9.97 Å². The van der Waals surface area contributed by atoms with Crippen molar-refractivity contribution in [1.29, 1.82) is 0 Å². The molecular formula is C9H15ClN4. The van der Waals surface area contributed by atoms with Gasteiger partial charge in [-0.15, -0.1) is 12.4 Å². The van der Waals surface area contributed by atoms with E-state index in [1.54, 1.807) is 12.5 Å². The predicted octanol–water partition coefficient (Wildman–Crippen LogP) is 0.826. The maximum atomic E-state index is 5.82. The number of hydrogen-bond acceptors (Lipinski definition) is 4. The minimum Gasteiger partial charge on any atom is -0.356 e. The lowest BCUT2D eigenvalue weighted by atomic mass is 10.1. The van der Waals surface area contributed by atoms with E-state index >= 15 is 0 Å². The standard InChI is InChI=1S/C9H14N4.ClH/c10-8-2-5-13(6-3-8)9-1-4-11-7-12-9;/h1,4,7-8H,2-3,5-6,10H2;1H. The van der Waals surface area contributed by atoms with Gasteiger partial charge in [-0.05, 0) is 18.9 Å². The van der Waals surface area contributed by atoms with Crippen LogP contribution in [0, 0.1) is 0 Å². The van der Waals surface area contributed by atoms with Crippen molar-refractivity contribution < 1.29 is 0 Å².